The second-order valence-corrected chi connectivity index (χ2v) is 4.96. The Balaban J connectivity index is 2.84. The molecular weight excluding hydrogens is 212 g/mol. The highest BCUT2D eigenvalue weighted by atomic mass is 32.1. The Hall–Kier alpha value is -0.950. The molecule has 1 atom stereocenters. The Morgan fingerprint density at radius 1 is 1.44 bits per heavy atom. The third-order valence-electron chi connectivity index (χ3n) is 2.33. The van der Waals surface area contributed by atoms with E-state index in [9.17, 15) is 0 Å². The molecule has 0 spiro atoms. The van der Waals surface area contributed by atoms with Gasteiger partial charge in [-0.15, -0.1) is 0 Å². The molecule has 16 heavy (non-hydrogen) atoms. The number of hydrogen-bond donors (Lipinski definition) is 1. The van der Waals surface area contributed by atoms with Crippen LogP contribution < -0.4 is 0 Å². The van der Waals surface area contributed by atoms with Crippen molar-refractivity contribution in [3.8, 4) is 0 Å². The van der Waals surface area contributed by atoms with Gasteiger partial charge in [0.25, 0.3) is 0 Å². The van der Waals surface area contributed by atoms with Crippen LogP contribution in [0.5, 0.6) is 0 Å². The molecule has 1 aromatic rings. The minimum Gasteiger partial charge on any atom is -0.172 e. The average Bonchev–Trinajstić information content (AvgIpc) is 2.16. The SMILES string of the molecule is C/C=C\C(=C/C(C)S)Cc1cccc(C)c1. The molecule has 0 radical (unpaired) electrons. The van der Waals surface area contributed by atoms with E-state index in [1.54, 1.807) is 0 Å². The maximum Gasteiger partial charge on any atom is 0.0174 e. The summed E-state index contributed by atoms with van der Waals surface area (Å²) in [5.74, 6) is 0. The zero-order chi connectivity index (χ0) is 12.0. The molecule has 0 amide bonds. The van der Waals surface area contributed by atoms with Gasteiger partial charge in [0, 0.05) is 5.25 Å². The molecule has 0 heterocycles. The molecule has 0 saturated carbocycles. The minimum absolute atomic E-state index is 0.302. The summed E-state index contributed by atoms with van der Waals surface area (Å²) in [6.45, 7) is 6.26. The molecule has 1 heteroatoms. The molecule has 0 nitrogen and oxygen atoms in total. The Morgan fingerprint density at radius 2 is 2.19 bits per heavy atom. The average molecular weight is 232 g/mol. The monoisotopic (exact) mass is 232 g/mol. The number of allylic oxidation sites excluding steroid dienone is 3. The van der Waals surface area contributed by atoms with Crippen LogP contribution in [0.15, 0.2) is 48.1 Å². The molecule has 0 fully saturated rings. The summed E-state index contributed by atoms with van der Waals surface area (Å²) < 4.78 is 0. The Kier molecular flexibility index (Phi) is 5.41. The number of thiol groups is 1. The molecule has 1 aromatic carbocycles. The first-order valence-electron chi connectivity index (χ1n) is 5.69. The predicted molar refractivity (Wildman–Crippen MR) is 76.2 cm³/mol. The summed E-state index contributed by atoms with van der Waals surface area (Å²) >= 11 is 4.41. The molecule has 0 N–H and O–H groups in total. The Bertz CT molecular complexity index is 386. The van der Waals surface area contributed by atoms with Crippen LogP contribution in [0, 0.1) is 6.92 Å². The van der Waals surface area contributed by atoms with Crippen molar-refractivity contribution in [3.05, 3.63) is 59.2 Å². The standard InChI is InChI=1S/C15H20S/c1-4-6-14(10-13(3)16)11-15-8-5-7-12(2)9-15/h4-10,13,16H,11H2,1-3H3/b6-4-,14-10+. The fourth-order valence-corrected chi connectivity index (χ4v) is 1.95. The van der Waals surface area contributed by atoms with Crippen LogP contribution in [0.1, 0.15) is 25.0 Å². The van der Waals surface area contributed by atoms with Gasteiger partial charge < -0.3 is 0 Å². The van der Waals surface area contributed by atoms with Crippen LogP contribution in [0.2, 0.25) is 0 Å². The Morgan fingerprint density at radius 3 is 2.75 bits per heavy atom. The summed E-state index contributed by atoms with van der Waals surface area (Å²) in [7, 11) is 0. The maximum atomic E-state index is 4.41. The summed E-state index contributed by atoms with van der Waals surface area (Å²) in [5.41, 5.74) is 4.00. The van der Waals surface area contributed by atoms with Gasteiger partial charge in [-0.05, 0) is 38.3 Å². The summed E-state index contributed by atoms with van der Waals surface area (Å²) in [5, 5.41) is 0.302. The molecular formula is C15H20S. The summed E-state index contributed by atoms with van der Waals surface area (Å²) in [6.07, 6.45) is 7.43. The van der Waals surface area contributed by atoms with E-state index in [1.807, 2.05) is 6.92 Å². The molecule has 86 valence electrons. The van der Waals surface area contributed by atoms with E-state index in [-0.39, 0.29) is 0 Å². The van der Waals surface area contributed by atoms with Crippen molar-refractivity contribution in [1.82, 2.24) is 0 Å². The quantitative estimate of drug-likeness (QED) is 0.579. The molecule has 0 aromatic heterocycles. The largest absolute Gasteiger partial charge is 0.172 e. The van der Waals surface area contributed by atoms with Gasteiger partial charge in [-0.2, -0.15) is 12.6 Å². The van der Waals surface area contributed by atoms with Gasteiger partial charge >= 0.3 is 0 Å². The van der Waals surface area contributed by atoms with Crippen molar-refractivity contribution in [2.24, 2.45) is 0 Å². The van der Waals surface area contributed by atoms with Crippen LogP contribution in [0.3, 0.4) is 0 Å². The first-order valence-corrected chi connectivity index (χ1v) is 6.20. The van der Waals surface area contributed by atoms with Crippen LogP contribution in [0.4, 0.5) is 0 Å². The van der Waals surface area contributed by atoms with Crippen molar-refractivity contribution < 1.29 is 0 Å². The Labute approximate surface area is 104 Å². The lowest BCUT2D eigenvalue weighted by Gasteiger charge is -2.06. The van der Waals surface area contributed by atoms with Crippen molar-refractivity contribution in [1.29, 1.82) is 0 Å². The number of rotatable bonds is 4. The van der Waals surface area contributed by atoms with E-state index in [0.29, 0.717) is 5.25 Å². The smallest absolute Gasteiger partial charge is 0.0174 e. The number of hydrogen-bond acceptors (Lipinski definition) is 1. The van der Waals surface area contributed by atoms with Crippen molar-refractivity contribution in [2.75, 3.05) is 0 Å². The van der Waals surface area contributed by atoms with E-state index in [2.05, 4.69) is 69.0 Å². The lowest BCUT2D eigenvalue weighted by Crippen LogP contribution is -1.93. The molecule has 0 aliphatic rings. The summed E-state index contributed by atoms with van der Waals surface area (Å²) in [6, 6.07) is 8.65. The first kappa shape index (κ1) is 13.1. The van der Waals surface area contributed by atoms with E-state index >= 15 is 0 Å². The highest BCUT2D eigenvalue weighted by Gasteiger charge is 1.98. The zero-order valence-electron chi connectivity index (χ0n) is 10.3. The fourth-order valence-electron chi connectivity index (χ4n) is 1.76. The van der Waals surface area contributed by atoms with E-state index in [1.165, 1.54) is 16.7 Å². The maximum absolute atomic E-state index is 4.41. The van der Waals surface area contributed by atoms with E-state index < -0.39 is 0 Å². The molecule has 0 saturated heterocycles. The molecule has 0 aliphatic heterocycles. The lowest BCUT2D eigenvalue weighted by atomic mass is 10.0. The number of aryl methyl sites for hydroxylation is 1. The third-order valence-corrected chi connectivity index (χ3v) is 2.48. The first-order chi connectivity index (χ1) is 7.61. The summed E-state index contributed by atoms with van der Waals surface area (Å²) in [4.78, 5) is 0. The van der Waals surface area contributed by atoms with E-state index in [0.717, 1.165) is 6.42 Å². The fraction of sp³-hybridized carbons (Fsp3) is 0.333. The van der Waals surface area contributed by atoms with Crippen LogP contribution in [-0.4, -0.2) is 5.25 Å². The molecule has 1 rings (SSSR count). The third kappa shape index (κ3) is 4.71. The van der Waals surface area contributed by atoms with Gasteiger partial charge in [0.05, 0.1) is 0 Å². The van der Waals surface area contributed by atoms with Gasteiger partial charge in [0.1, 0.15) is 0 Å². The topological polar surface area (TPSA) is 0 Å². The second kappa shape index (κ2) is 6.59. The predicted octanol–water partition coefficient (Wildman–Crippen LogP) is 4.36. The van der Waals surface area contributed by atoms with Gasteiger partial charge in [-0.25, -0.2) is 0 Å². The van der Waals surface area contributed by atoms with Crippen molar-refractivity contribution in [3.63, 3.8) is 0 Å². The second-order valence-electron chi connectivity index (χ2n) is 4.15. The van der Waals surface area contributed by atoms with Crippen LogP contribution in [0.25, 0.3) is 0 Å². The van der Waals surface area contributed by atoms with Crippen LogP contribution in [-0.2, 0) is 6.42 Å². The molecule has 0 aliphatic carbocycles. The van der Waals surface area contributed by atoms with Gasteiger partial charge in [-0.1, -0.05) is 48.1 Å². The van der Waals surface area contributed by atoms with Crippen molar-refractivity contribution >= 4 is 12.6 Å². The zero-order valence-corrected chi connectivity index (χ0v) is 11.2. The van der Waals surface area contributed by atoms with Gasteiger partial charge in [0.2, 0.25) is 0 Å². The van der Waals surface area contributed by atoms with Gasteiger partial charge in [0.15, 0.2) is 0 Å². The normalized spacial score (nSPS) is 14.4. The van der Waals surface area contributed by atoms with Crippen molar-refractivity contribution in [2.45, 2.75) is 32.4 Å². The molecule has 1 unspecified atom stereocenters. The highest BCUT2D eigenvalue weighted by molar-refractivity contribution is 7.81. The highest BCUT2D eigenvalue weighted by Crippen LogP contribution is 2.13. The van der Waals surface area contributed by atoms with Gasteiger partial charge in [-0.3, -0.25) is 0 Å². The van der Waals surface area contributed by atoms with E-state index in [4.69, 9.17) is 0 Å². The lowest BCUT2D eigenvalue weighted by molar-refractivity contribution is 1.14. The molecule has 0 bridgehead atoms. The number of benzene rings is 1. The van der Waals surface area contributed by atoms with Crippen LogP contribution >= 0.6 is 12.6 Å². The minimum atomic E-state index is 0.302.